The number of hydrogen-bond donors (Lipinski definition) is 2. The third kappa shape index (κ3) is 2.67. The average Bonchev–Trinajstić information content (AvgIpc) is 2.29. The number of nitrogen functional groups attached to an aromatic ring is 1. The van der Waals surface area contributed by atoms with Gasteiger partial charge in [0, 0.05) is 24.7 Å². The van der Waals surface area contributed by atoms with Crippen LogP contribution < -0.4 is 10.5 Å². The lowest BCUT2D eigenvalue weighted by Gasteiger charge is -2.07. The van der Waals surface area contributed by atoms with E-state index in [9.17, 15) is 0 Å². The smallest absolute Gasteiger partial charge is 0.249 e. The van der Waals surface area contributed by atoms with Gasteiger partial charge in [0.15, 0.2) is 5.69 Å². The highest BCUT2D eigenvalue weighted by atomic mass is 35.5. The molecule has 0 saturated heterocycles. The van der Waals surface area contributed by atoms with E-state index in [0.717, 1.165) is 0 Å². The molecule has 3 N–H and O–H groups in total. The number of ether oxygens (including phenoxy) is 1. The summed E-state index contributed by atoms with van der Waals surface area (Å²) >= 11 is 5.77. The zero-order chi connectivity index (χ0) is 12.3. The molecule has 0 spiro atoms. The first kappa shape index (κ1) is 11.3. The Morgan fingerprint density at radius 3 is 2.76 bits per heavy atom. The lowest BCUT2D eigenvalue weighted by Crippen LogP contribution is -2.15. The summed E-state index contributed by atoms with van der Waals surface area (Å²) in [7, 11) is 0. The summed E-state index contributed by atoms with van der Waals surface area (Å²) in [6.07, 6.45) is 5.83. The Bertz CT molecular complexity index is 560. The second-order valence-corrected chi connectivity index (χ2v) is 3.50. The van der Waals surface area contributed by atoms with E-state index in [-0.39, 0.29) is 17.4 Å². The summed E-state index contributed by atoms with van der Waals surface area (Å²) in [5, 5.41) is 7.78. The van der Waals surface area contributed by atoms with Crippen molar-refractivity contribution in [1.29, 1.82) is 5.41 Å². The maximum atomic E-state index is 7.34. The van der Waals surface area contributed by atoms with Crippen LogP contribution in [0, 0.1) is 5.41 Å². The fourth-order valence-electron chi connectivity index (χ4n) is 1.14. The largest absolute Gasteiger partial charge is 0.435 e. The van der Waals surface area contributed by atoms with Crippen molar-refractivity contribution in [2.75, 3.05) is 0 Å². The number of aromatic nitrogens is 3. The SMILES string of the molecule is N=C(N)c1nccnc1Oc1cncc(Cl)c1. The minimum absolute atomic E-state index is 0.143. The number of rotatable bonds is 3. The third-order valence-corrected chi connectivity index (χ3v) is 2.02. The maximum Gasteiger partial charge on any atom is 0.249 e. The highest BCUT2D eigenvalue weighted by molar-refractivity contribution is 6.30. The molecular weight excluding hydrogens is 242 g/mol. The van der Waals surface area contributed by atoms with E-state index in [1.54, 1.807) is 6.07 Å². The van der Waals surface area contributed by atoms with Crippen molar-refractivity contribution in [3.8, 4) is 11.6 Å². The molecule has 7 heteroatoms. The Morgan fingerprint density at radius 2 is 2.06 bits per heavy atom. The van der Waals surface area contributed by atoms with Crippen LogP contribution >= 0.6 is 11.6 Å². The molecule has 86 valence electrons. The van der Waals surface area contributed by atoms with Crippen molar-refractivity contribution in [2.45, 2.75) is 0 Å². The van der Waals surface area contributed by atoms with Crippen LogP contribution in [-0.2, 0) is 0 Å². The summed E-state index contributed by atoms with van der Waals surface area (Å²) in [5.74, 6) is 0.327. The van der Waals surface area contributed by atoms with Gasteiger partial charge in [-0.25, -0.2) is 9.97 Å². The van der Waals surface area contributed by atoms with Crippen LogP contribution in [0.3, 0.4) is 0 Å². The van der Waals surface area contributed by atoms with E-state index in [1.165, 1.54) is 24.8 Å². The van der Waals surface area contributed by atoms with E-state index in [1.807, 2.05) is 0 Å². The van der Waals surface area contributed by atoms with Crippen molar-refractivity contribution in [1.82, 2.24) is 15.0 Å². The van der Waals surface area contributed by atoms with Gasteiger partial charge in [0.25, 0.3) is 0 Å². The van der Waals surface area contributed by atoms with Gasteiger partial charge in [0.1, 0.15) is 11.6 Å². The quantitative estimate of drug-likeness (QED) is 0.636. The number of halogens is 1. The standard InChI is InChI=1S/C10H8ClN5O/c11-6-3-7(5-14-4-6)17-10-8(9(12)13)15-1-2-16-10/h1-5H,(H3,12,13). The normalized spacial score (nSPS) is 9.94. The van der Waals surface area contributed by atoms with Gasteiger partial charge in [0.2, 0.25) is 5.88 Å². The molecule has 6 nitrogen and oxygen atoms in total. The average molecular weight is 250 g/mol. The third-order valence-electron chi connectivity index (χ3n) is 1.81. The lowest BCUT2D eigenvalue weighted by atomic mass is 10.4. The first-order chi connectivity index (χ1) is 8.16. The van der Waals surface area contributed by atoms with Crippen LogP contribution in [-0.4, -0.2) is 20.8 Å². The van der Waals surface area contributed by atoms with Gasteiger partial charge in [-0.1, -0.05) is 11.6 Å². The second kappa shape index (κ2) is 4.75. The molecule has 2 aromatic heterocycles. The van der Waals surface area contributed by atoms with Gasteiger partial charge in [-0.15, -0.1) is 0 Å². The molecule has 0 aliphatic heterocycles. The fraction of sp³-hybridized carbons (Fsp3) is 0. The highest BCUT2D eigenvalue weighted by Gasteiger charge is 2.10. The van der Waals surface area contributed by atoms with Crippen molar-refractivity contribution >= 4 is 17.4 Å². The second-order valence-electron chi connectivity index (χ2n) is 3.06. The van der Waals surface area contributed by atoms with E-state index in [0.29, 0.717) is 10.8 Å². The van der Waals surface area contributed by atoms with E-state index >= 15 is 0 Å². The number of nitrogens with one attached hydrogen (secondary N) is 1. The molecule has 0 radical (unpaired) electrons. The van der Waals surface area contributed by atoms with Crippen molar-refractivity contribution in [2.24, 2.45) is 5.73 Å². The van der Waals surface area contributed by atoms with Gasteiger partial charge in [-0.2, -0.15) is 0 Å². The van der Waals surface area contributed by atoms with E-state index in [2.05, 4.69) is 15.0 Å². The van der Waals surface area contributed by atoms with Crippen molar-refractivity contribution < 1.29 is 4.74 Å². The maximum absolute atomic E-state index is 7.34. The Kier molecular flexibility index (Phi) is 3.15. The van der Waals surface area contributed by atoms with Crippen LogP contribution in [0.15, 0.2) is 30.9 Å². The van der Waals surface area contributed by atoms with Crippen LogP contribution in [0.2, 0.25) is 5.02 Å². The number of pyridine rings is 1. The van der Waals surface area contributed by atoms with Crippen molar-refractivity contribution in [3.05, 3.63) is 41.6 Å². The molecule has 0 aromatic carbocycles. The molecule has 0 amide bonds. The number of nitrogens with two attached hydrogens (primary N) is 1. The van der Waals surface area contributed by atoms with Gasteiger partial charge in [-0.05, 0) is 0 Å². The summed E-state index contributed by atoms with van der Waals surface area (Å²) in [6.45, 7) is 0. The van der Waals surface area contributed by atoms with Gasteiger partial charge >= 0.3 is 0 Å². The van der Waals surface area contributed by atoms with E-state index < -0.39 is 0 Å². The summed E-state index contributed by atoms with van der Waals surface area (Å²) in [5.41, 5.74) is 5.53. The molecule has 2 aromatic rings. The molecule has 17 heavy (non-hydrogen) atoms. The number of hydrogen-bond acceptors (Lipinski definition) is 5. The molecule has 0 fully saturated rings. The minimum atomic E-state index is -0.219. The molecule has 0 bridgehead atoms. The van der Waals surface area contributed by atoms with Crippen LogP contribution in [0.25, 0.3) is 0 Å². The Hall–Kier alpha value is -2.21. The van der Waals surface area contributed by atoms with Gasteiger partial charge in [-0.3, -0.25) is 10.4 Å². The summed E-state index contributed by atoms with van der Waals surface area (Å²) < 4.78 is 5.41. The number of nitrogens with zero attached hydrogens (tertiary/aromatic N) is 3. The molecule has 0 atom stereocenters. The Labute approximate surface area is 102 Å². The molecule has 2 rings (SSSR count). The van der Waals surface area contributed by atoms with Crippen LogP contribution in [0.1, 0.15) is 5.69 Å². The van der Waals surface area contributed by atoms with Crippen molar-refractivity contribution in [3.63, 3.8) is 0 Å². The summed E-state index contributed by atoms with van der Waals surface area (Å²) in [4.78, 5) is 11.7. The molecule has 0 unspecified atom stereocenters. The molecular formula is C10H8ClN5O. The minimum Gasteiger partial charge on any atom is -0.435 e. The molecule has 0 aliphatic carbocycles. The summed E-state index contributed by atoms with van der Waals surface area (Å²) in [6, 6.07) is 1.58. The van der Waals surface area contributed by atoms with E-state index in [4.69, 9.17) is 27.5 Å². The van der Waals surface area contributed by atoms with Crippen LogP contribution in [0.4, 0.5) is 0 Å². The predicted molar refractivity (Wildman–Crippen MR) is 62.4 cm³/mol. The molecule has 0 aliphatic rings. The first-order valence-corrected chi connectivity index (χ1v) is 4.98. The zero-order valence-electron chi connectivity index (χ0n) is 8.59. The first-order valence-electron chi connectivity index (χ1n) is 4.60. The predicted octanol–water partition coefficient (Wildman–Crippen LogP) is 1.60. The Balaban J connectivity index is 2.33. The van der Waals surface area contributed by atoms with Gasteiger partial charge < -0.3 is 10.5 Å². The molecule has 0 saturated carbocycles. The van der Waals surface area contributed by atoms with Gasteiger partial charge in [0.05, 0.1) is 11.2 Å². The molecule has 2 heterocycles. The topological polar surface area (TPSA) is 97.8 Å². The monoisotopic (exact) mass is 249 g/mol. The Morgan fingerprint density at radius 1 is 1.29 bits per heavy atom. The lowest BCUT2D eigenvalue weighted by molar-refractivity contribution is 0.456. The zero-order valence-corrected chi connectivity index (χ0v) is 9.35. The highest BCUT2D eigenvalue weighted by Crippen LogP contribution is 2.22. The number of amidine groups is 1. The fourth-order valence-corrected chi connectivity index (χ4v) is 1.31. The van der Waals surface area contributed by atoms with Crippen LogP contribution in [0.5, 0.6) is 11.6 Å².